The molecule has 1 heterocycles. The average molecular weight is 894 g/mol. The van der Waals surface area contributed by atoms with Crippen LogP contribution in [0.1, 0.15) is 52.6 Å². The number of amidine groups is 1. The Labute approximate surface area is 380 Å². The quantitative estimate of drug-likeness (QED) is 0.0374. The highest BCUT2D eigenvalue weighted by Gasteiger charge is 2.53. The molecule has 7 rings (SSSR count). The molecule has 0 aliphatic carbocycles. The molecule has 324 valence electrons. The molecule has 12 nitrogen and oxygen atoms in total. The lowest BCUT2D eigenvalue weighted by Crippen LogP contribution is -2.62. The molecule has 1 saturated heterocycles. The van der Waals surface area contributed by atoms with Crippen molar-refractivity contribution in [1.29, 1.82) is 0 Å². The molecule has 0 radical (unpaired) electrons. The largest absolute Gasteiger partial charge is 0.459 e. The van der Waals surface area contributed by atoms with Crippen molar-refractivity contribution in [2.45, 2.75) is 43.3 Å². The van der Waals surface area contributed by atoms with Crippen LogP contribution in [0.2, 0.25) is 0 Å². The van der Waals surface area contributed by atoms with Crippen LogP contribution in [0.15, 0.2) is 181 Å². The second-order valence-electron chi connectivity index (χ2n) is 14.3. The number of esters is 4. The Bertz CT molecular complexity index is 2550. The van der Waals surface area contributed by atoms with Gasteiger partial charge in [-0.15, -0.1) is 0 Å². The number of para-hydroxylation sites is 1. The number of benzene rings is 6. The topological polar surface area (TPSA) is 151 Å². The monoisotopic (exact) mass is 893 g/mol. The number of thioether (sulfide) groups is 1. The lowest BCUT2D eigenvalue weighted by atomic mass is 9.97. The van der Waals surface area contributed by atoms with Gasteiger partial charge in [-0.25, -0.2) is 24.2 Å². The van der Waals surface area contributed by atoms with Gasteiger partial charge in [0.15, 0.2) is 34.8 Å². The molecule has 1 fully saturated rings. The number of thiocarbonyl (C=S) groups is 1. The van der Waals surface area contributed by atoms with E-state index < -0.39 is 61.1 Å². The van der Waals surface area contributed by atoms with Gasteiger partial charge in [-0.1, -0.05) is 133 Å². The molecule has 6 aromatic rings. The molecule has 2 N–H and O–H groups in total. The molecule has 0 amide bonds. The van der Waals surface area contributed by atoms with Crippen molar-refractivity contribution in [1.82, 2.24) is 5.32 Å². The third-order valence-electron chi connectivity index (χ3n) is 9.83. The Morgan fingerprint density at radius 3 is 1.53 bits per heavy atom. The SMILES string of the molecule is Cc1ccccc1NC(=S)N/C(=N\[C@@H]1O[C@H](COC(=O)c2ccccc2)[C@@H](OC(=O)c2ccccc2)[C@H](OC(=O)c2ccccc2)[C@H]1OC(=O)c1ccccc1)SCc1ccccc1. The molecule has 1 aliphatic heterocycles. The molecule has 5 atom stereocenters. The fourth-order valence-electron chi connectivity index (χ4n) is 6.56. The lowest BCUT2D eigenvalue weighted by Gasteiger charge is -2.43. The van der Waals surface area contributed by atoms with Crippen LogP contribution in [-0.4, -0.2) is 71.4 Å². The third-order valence-corrected chi connectivity index (χ3v) is 11.0. The van der Waals surface area contributed by atoms with Crippen LogP contribution in [0.5, 0.6) is 0 Å². The summed E-state index contributed by atoms with van der Waals surface area (Å²) in [4.78, 5) is 60.5. The molecule has 0 saturated carbocycles. The molecule has 0 spiro atoms. The van der Waals surface area contributed by atoms with E-state index >= 15 is 0 Å². The molecule has 0 unspecified atom stereocenters. The zero-order chi connectivity index (χ0) is 44.7. The predicted molar refractivity (Wildman–Crippen MR) is 248 cm³/mol. The van der Waals surface area contributed by atoms with Gasteiger partial charge in [-0.05, 0) is 84.9 Å². The standard InChI is InChI=1S/C50H43N3O9S2/c1-33-19-17-18-30-39(33)51-49(63)53-50(64-32-34-20-7-2-8-21-34)52-44-43(62-48(57)38-28-15-6-16-29-38)42(61-47(56)37-26-13-5-14-27-37)41(60-46(55)36-24-11-4-12-25-36)40(59-44)31-58-45(54)35-22-9-3-10-23-35/h2-30,40-44H,31-32H2,1H3,(H2,51,52,53,63)/t40-,41-,42+,43-,44-/m1/s1. The van der Waals surface area contributed by atoms with Crippen molar-refractivity contribution in [2.75, 3.05) is 11.9 Å². The number of nitrogens with zero attached hydrogens (tertiary/aromatic N) is 1. The maximum atomic E-state index is 14.1. The van der Waals surface area contributed by atoms with Crippen LogP contribution >= 0.6 is 24.0 Å². The number of aryl methyl sites for hydroxylation is 1. The summed E-state index contributed by atoms with van der Waals surface area (Å²) < 4.78 is 31.2. The van der Waals surface area contributed by atoms with Crippen molar-refractivity contribution in [3.05, 3.63) is 209 Å². The van der Waals surface area contributed by atoms with E-state index in [1.807, 2.05) is 61.5 Å². The highest BCUT2D eigenvalue weighted by Crippen LogP contribution is 2.33. The predicted octanol–water partition coefficient (Wildman–Crippen LogP) is 8.83. The molecule has 1 aliphatic rings. The Hall–Kier alpha value is -7.13. The van der Waals surface area contributed by atoms with Crippen molar-refractivity contribution in [2.24, 2.45) is 4.99 Å². The van der Waals surface area contributed by atoms with Crippen LogP contribution in [0.25, 0.3) is 0 Å². The summed E-state index contributed by atoms with van der Waals surface area (Å²) in [5.74, 6) is -2.71. The zero-order valence-corrected chi connectivity index (χ0v) is 36.1. The molecule has 0 aromatic heterocycles. The van der Waals surface area contributed by atoms with E-state index in [9.17, 15) is 19.2 Å². The van der Waals surface area contributed by atoms with Gasteiger partial charge < -0.3 is 34.3 Å². The first-order valence-corrected chi connectivity index (χ1v) is 21.6. The maximum Gasteiger partial charge on any atom is 0.338 e. The first kappa shape index (κ1) is 44.9. The summed E-state index contributed by atoms with van der Waals surface area (Å²) in [6.07, 6.45) is -7.51. The summed E-state index contributed by atoms with van der Waals surface area (Å²) in [5.41, 5.74) is 3.43. The van der Waals surface area contributed by atoms with Crippen LogP contribution in [-0.2, 0) is 29.4 Å². The zero-order valence-electron chi connectivity index (χ0n) is 34.5. The van der Waals surface area contributed by atoms with Gasteiger partial charge in [0, 0.05) is 11.4 Å². The summed E-state index contributed by atoms with van der Waals surface area (Å²) in [7, 11) is 0. The summed E-state index contributed by atoms with van der Waals surface area (Å²) >= 11 is 7.07. The minimum absolute atomic E-state index is 0.163. The lowest BCUT2D eigenvalue weighted by molar-refractivity contribution is -0.226. The van der Waals surface area contributed by atoms with Crippen LogP contribution < -0.4 is 10.6 Å². The Balaban J connectivity index is 1.33. The molecular formula is C50H43N3O9S2. The maximum absolute atomic E-state index is 14.1. The Morgan fingerprint density at radius 2 is 1.02 bits per heavy atom. The van der Waals surface area contributed by atoms with Gasteiger partial charge in [0.2, 0.25) is 0 Å². The number of aliphatic imine (C=N–C) groups is 1. The number of anilines is 1. The van der Waals surface area contributed by atoms with Crippen molar-refractivity contribution in [3.8, 4) is 0 Å². The van der Waals surface area contributed by atoms with Crippen molar-refractivity contribution >= 4 is 63.8 Å². The first-order valence-electron chi connectivity index (χ1n) is 20.3. The van der Waals surface area contributed by atoms with Gasteiger partial charge >= 0.3 is 23.9 Å². The van der Waals surface area contributed by atoms with Crippen molar-refractivity contribution in [3.63, 3.8) is 0 Å². The minimum atomic E-state index is -1.59. The Kier molecular flexibility index (Phi) is 15.6. The highest BCUT2D eigenvalue weighted by atomic mass is 32.2. The summed E-state index contributed by atoms with van der Waals surface area (Å²) in [6, 6.07) is 50.1. The van der Waals surface area contributed by atoms with Gasteiger partial charge in [-0.3, -0.25) is 0 Å². The van der Waals surface area contributed by atoms with Gasteiger partial charge in [0.25, 0.3) is 0 Å². The van der Waals surface area contributed by atoms with Gasteiger partial charge in [0.1, 0.15) is 12.7 Å². The van der Waals surface area contributed by atoms with Gasteiger partial charge in [0.05, 0.1) is 22.3 Å². The van der Waals surface area contributed by atoms with E-state index in [0.717, 1.165) is 16.8 Å². The summed E-state index contributed by atoms with van der Waals surface area (Å²) in [6.45, 7) is 1.44. The minimum Gasteiger partial charge on any atom is -0.459 e. The molecule has 64 heavy (non-hydrogen) atoms. The van der Waals surface area contributed by atoms with E-state index in [4.69, 9.17) is 40.9 Å². The molecule has 6 aromatic carbocycles. The average Bonchev–Trinajstić information content (AvgIpc) is 3.33. The highest BCUT2D eigenvalue weighted by molar-refractivity contribution is 8.13. The number of hydrogen-bond donors (Lipinski definition) is 2. The first-order chi connectivity index (χ1) is 31.2. The second-order valence-corrected chi connectivity index (χ2v) is 15.7. The second kappa shape index (κ2) is 22.3. The molecular weight excluding hydrogens is 851 g/mol. The van der Waals surface area contributed by atoms with Crippen molar-refractivity contribution < 1.29 is 42.9 Å². The molecule has 14 heteroatoms. The van der Waals surface area contributed by atoms with Crippen LogP contribution in [0.4, 0.5) is 5.69 Å². The Morgan fingerprint density at radius 1 is 0.578 bits per heavy atom. The van der Waals surface area contributed by atoms with E-state index in [2.05, 4.69) is 10.6 Å². The van der Waals surface area contributed by atoms with Gasteiger partial charge in [-0.2, -0.15) is 0 Å². The van der Waals surface area contributed by atoms with Crippen LogP contribution in [0, 0.1) is 6.92 Å². The molecule has 0 bridgehead atoms. The smallest absolute Gasteiger partial charge is 0.338 e. The van der Waals surface area contributed by atoms with E-state index in [1.165, 1.54) is 11.8 Å². The van der Waals surface area contributed by atoms with E-state index in [0.29, 0.717) is 5.75 Å². The third kappa shape index (κ3) is 12.3. The number of nitrogens with one attached hydrogen (secondary N) is 2. The van der Waals surface area contributed by atoms with Crippen LogP contribution in [0.3, 0.4) is 0 Å². The normalized spacial score (nSPS) is 18.1. The number of rotatable bonds is 13. The number of ether oxygens (including phenoxy) is 5. The fraction of sp³-hybridized carbons (Fsp3) is 0.160. The summed E-state index contributed by atoms with van der Waals surface area (Å²) in [5, 5.41) is 6.82. The number of carbonyl (C=O) groups excluding carboxylic acids is 4. The number of carbonyl (C=O) groups is 4. The van der Waals surface area contributed by atoms with E-state index in [-0.39, 0.29) is 32.5 Å². The number of hydrogen-bond acceptors (Lipinski definition) is 12. The van der Waals surface area contributed by atoms with E-state index in [1.54, 1.807) is 121 Å². The fourth-order valence-corrected chi connectivity index (χ4v) is 7.68.